The molecule has 1 aromatic rings. The van der Waals surface area contributed by atoms with Crippen LogP contribution in [0.15, 0.2) is 23.1 Å². The number of aryl methyl sites for hydroxylation is 2. The summed E-state index contributed by atoms with van der Waals surface area (Å²) >= 11 is 2.00. The maximum atomic E-state index is 3.29. The second-order valence-corrected chi connectivity index (χ2v) is 5.01. The van der Waals surface area contributed by atoms with Crippen molar-refractivity contribution in [2.75, 3.05) is 13.1 Å². The van der Waals surface area contributed by atoms with Crippen molar-refractivity contribution in [3.8, 4) is 0 Å². The lowest BCUT2D eigenvalue weighted by Gasteiger charge is -2.26. The van der Waals surface area contributed by atoms with Gasteiger partial charge in [-0.25, -0.2) is 0 Å². The second kappa shape index (κ2) is 3.72. The molecule has 0 atom stereocenters. The third kappa shape index (κ3) is 2.06. The molecule has 1 saturated heterocycles. The monoisotopic (exact) mass is 193 g/mol. The average Bonchev–Trinajstić information content (AvgIpc) is 1.99. The van der Waals surface area contributed by atoms with Crippen molar-refractivity contribution in [1.82, 2.24) is 5.32 Å². The van der Waals surface area contributed by atoms with E-state index in [0.717, 1.165) is 18.3 Å². The number of hydrogen-bond acceptors (Lipinski definition) is 2. The van der Waals surface area contributed by atoms with Gasteiger partial charge in [0.1, 0.15) is 0 Å². The van der Waals surface area contributed by atoms with Crippen LogP contribution in [0.1, 0.15) is 11.1 Å². The van der Waals surface area contributed by atoms with Gasteiger partial charge < -0.3 is 5.32 Å². The smallest absolute Gasteiger partial charge is 0.0344 e. The van der Waals surface area contributed by atoms with E-state index in [-0.39, 0.29) is 0 Å². The van der Waals surface area contributed by atoms with Gasteiger partial charge in [-0.2, -0.15) is 0 Å². The summed E-state index contributed by atoms with van der Waals surface area (Å²) in [7, 11) is 0. The van der Waals surface area contributed by atoms with Crippen LogP contribution in [0.2, 0.25) is 0 Å². The van der Waals surface area contributed by atoms with Crippen LogP contribution in [0.3, 0.4) is 0 Å². The quantitative estimate of drug-likeness (QED) is 0.774. The molecule has 1 aliphatic rings. The van der Waals surface area contributed by atoms with Crippen LogP contribution in [0.25, 0.3) is 0 Å². The van der Waals surface area contributed by atoms with Gasteiger partial charge in [-0.1, -0.05) is 17.7 Å². The minimum atomic E-state index is 0.793. The minimum Gasteiger partial charge on any atom is -0.314 e. The van der Waals surface area contributed by atoms with Gasteiger partial charge in [0.15, 0.2) is 0 Å². The molecule has 0 aliphatic carbocycles. The van der Waals surface area contributed by atoms with Crippen molar-refractivity contribution in [2.45, 2.75) is 24.0 Å². The summed E-state index contributed by atoms with van der Waals surface area (Å²) < 4.78 is 0. The highest BCUT2D eigenvalue weighted by molar-refractivity contribution is 8.00. The first-order chi connectivity index (χ1) is 6.25. The third-order valence-corrected chi connectivity index (χ3v) is 3.75. The Balaban J connectivity index is 2.10. The molecule has 0 spiro atoms. The number of thioether (sulfide) groups is 1. The van der Waals surface area contributed by atoms with Crippen molar-refractivity contribution in [3.63, 3.8) is 0 Å². The Morgan fingerprint density at radius 3 is 2.62 bits per heavy atom. The molecule has 2 rings (SSSR count). The van der Waals surface area contributed by atoms with Crippen LogP contribution < -0.4 is 5.32 Å². The Labute approximate surface area is 83.9 Å². The molecular formula is C11H15NS. The van der Waals surface area contributed by atoms with Crippen LogP contribution >= 0.6 is 11.8 Å². The standard InChI is InChI=1S/C11H15NS/c1-8-3-4-11(9(2)5-8)13-10-6-12-7-10/h3-5,10,12H,6-7H2,1-2H3. The predicted molar refractivity (Wildman–Crippen MR) is 58.4 cm³/mol. The number of hydrogen-bond donors (Lipinski definition) is 1. The molecule has 1 fully saturated rings. The maximum absolute atomic E-state index is 3.29. The molecule has 0 amide bonds. The molecule has 1 nitrogen and oxygen atoms in total. The van der Waals surface area contributed by atoms with E-state index in [1.165, 1.54) is 16.0 Å². The summed E-state index contributed by atoms with van der Waals surface area (Å²) in [6.45, 7) is 6.67. The Kier molecular flexibility index (Phi) is 2.61. The van der Waals surface area contributed by atoms with Crippen molar-refractivity contribution in [1.29, 1.82) is 0 Å². The summed E-state index contributed by atoms with van der Waals surface area (Å²) in [5.74, 6) is 0. The Morgan fingerprint density at radius 1 is 1.31 bits per heavy atom. The van der Waals surface area contributed by atoms with Crippen LogP contribution in [0, 0.1) is 13.8 Å². The van der Waals surface area contributed by atoms with E-state index in [9.17, 15) is 0 Å². The van der Waals surface area contributed by atoms with Crippen LogP contribution in [0.5, 0.6) is 0 Å². The Morgan fingerprint density at radius 2 is 2.08 bits per heavy atom. The topological polar surface area (TPSA) is 12.0 Å². The molecule has 13 heavy (non-hydrogen) atoms. The van der Waals surface area contributed by atoms with E-state index in [1.54, 1.807) is 0 Å². The molecule has 1 aliphatic heterocycles. The van der Waals surface area contributed by atoms with Gasteiger partial charge in [0, 0.05) is 23.2 Å². The van der Waals surface area contributed by atoms with Gasteiger partial charge in [0.25, 0.3) is 0 Å². The van der Waals surface area contributed by atoms with Gasteiger partial charge in [-0.3, -0.25) is 0 Å². The molecule has 0 radical (unpaired) electrons. The summed E-state index contributed by atoms with van der Waals surface area (Å²) in [4.78, 5) is 1.44. The molecule has 0 unspecified atom stereocenters. The maximum Gasteiger partial charge on any atom is 0.0344 e. The fourth-order valence-corrected chi connectivity index (χ4v) is 2.61. The number of nitrogens with one attached hydrogen (secondary N) is 1. The Hall–Kier alpha value is -0.470. The van der Waals surface area contributed by atoms with Crippen molar-refractivity contribution in [3.05, 3.63) is 29.3 Å². The van der Waals surface area contributed by atoms with Crippen molar-refractivity contribution in [2.24, 2.45) is 0 Å². The largest absolute Gasteiger partial charge is 0.314 e. The zero-order valence-electron chi connectivity index (χ0n) is 8.13. The molecule has 1 aromatic carbocycles. The average molecular weight is 193 g/mol. The van der Waals surface area contributed by atoms with E-state index in [2.05, 4.69) is 37.4 Å². The van der Waals surface area contributed by atoms with Crippen molar-refractivity contribution >= 4 is 11.8 Å². The summed E-state index contributed by atoms with van der Waals surface area (Å²) in [5.41, 5.74) is 2.77. The first kappa shape index (κ1) is 9.10. The highest BCUT2D eigenvalue weighted by atomic mass is 32.2. The first-order valence-electron chi connectivity index (χ1n) is 4.70. The predicted octanol–water partition coefficient (Wildman–Crippen LogP) is 2.37. The molecular weight excluding hydrogens is 178 g/mol. The zero-order valence-corrected chi connectivity index (χ0v) is 8.95. The summed E-state index contributed by atoms with van der Waals surface area (Å²) in [5, 5.41) is 4.08. The molecule has 1 N–H and O–H groups in total. The number of benzene rings is 1. The highest BCUT2D eigenvalue weighted by Gasteiger charge is 2.18. The van der Waals surface area contributed by atoms with Gasteiger partial charge in [0.05, 0.1) is 0 Å². The fourth-order valence-electron chi connectivity index (χ4n) is 1.46. The lowest BCUT2D eigenvalue weighted by atomic mass is 10.2. The van der Waals surface area contributed by atoms with Gasteiger partial charge >= 0.3 is 0 Å². The molecule has 0 saturated carbocycles. The first-order valence-corrected chi connectivity index (χ1v) is 5.58. The summed E-state index contributed by atoms with van der Waals surface area (Å²) in [6, 6.07) is 6.70. The highest BCUT2D eigenvalue weighted by Crippen LogP contribution is 2.28. The van der Waals surface area contributed by atoms with Gasteiger partial charge in [-0.15, -0.1) is 11.8 Å². The number of rotatable bonds is 2. The molecule has 0 aromatic heterocycles. The Bertz CT molecular complexity index is 305. The van der Waals surface area contributed by atoms with E-state index in [1.807, 2.05) is 11.8 Å². The fraction of sp³-hybridized carbons (Fsp3) is 0.455. The zero-order chi connectivity index (χ0) is 9.26. The SMILES string of the molecule is Cc1ccc(SC2CNC2)c(C)c1. The van der Waals surface area contributed by atoms with Crippen LogP contribution in [-0.2, 0) is 0 Å². The normalized spacial score (nSPS) is 17.1. The third-order valence-electron chi connectivity index (χ3n) is 2.37. The summed E-state index contributed by atoms with van der Waals surface area (Å²) in [6.07, 6.45) is 0. The van der Waals surface area contributed by atoms with E-state index < -0.39 is 0 Å². The van der Waals surface area contributed by atoms with E-state index >= 15 is 0 Å². The molecule has 2 heteroatoms. The molecule has 70 valence electrons. The van der Waals surface area contributed by atoms with Crippen LogP contribution in [0.4, 0.5) is 0 Å². The lowest BCUT2D eigenvalue weighted by molar-refractivity contribution is 0.543. The van der Waals surface area contributed by atoms with Gasteiger partial charge in [0.2, 0.25) is 0 Å². The van der Waals surface area contributed by atoms with E-state index in [4.69, 9.17) is 0 Å². The molecule has 0 bridgehead atoms. The van der Waals surface area contributed by atoms with E-state index in [0.29, 0.717) is 0 Å². The lowest BCUT2D eigenvalue weighted by Crippen LogP contribution is -2.44. The van der Waals surface area contributed by atoms with Crippen molar-refractivity contribution < 1.29 is 0 Å². The minimum absolute atomic E-state index is 0.793. The molecule has 1 heterocycles. The second-order valence-electron chi connectivity index (χ2n) is 3.67. The van der Waals surface area contributed by atoms with Gasteiger partial charge in [-0.05, 0) is 25.5 Å². The van der Waals surface area contributed by atoms with Crippen LogP contribution in [-0.4, -0.2) is 18.3 Å².